The van der Waals surface area contributed by atoms with Crippen molar-refractivity contribution in [2.24, 2.45) is 0 Å². The second kappa shape index (κ2) is 7.15. The minimum atomic E-state index is -5.48. The van der Waals surface area contributed by atoms with Gasteiger partial charge in [-0.3, -0.25) is 0 Å². The molecule has 0 aliphatic heterocycles. The van der Waals surface area contributed by atoms with Gasteiger partial charge in [-0.1, -0.05) is 6.92 Å². The van der Waals surface area contributed by atoms with Crippen molar-refractivity contribution < 1.29 is 35.8 Å². The molecule has 1 unspecified atom stereocenters. The zero-order valence-corrected chi connectivity index (χ0v) is 9.86. The Morgan fingerprint density at radius 3 is 1.83 bits per heavy atom. The lowest BCUT2D eigenvalue weighted by Gasteiger charge is -2.25. The third kappa shape index (κ3) is 6.41. The fourth-order valence-corrected chi connectivity index (χ4v) is 1.24. The second-order valence-electron chi connectivity index (χ2n) is 3.51. The Morgan fingerprint density at radius 1 is 1.00 bits per heavy atom. The smallest absolute Gasteiger partial charge is 0.383 e. The minimum absolute atomic E-state index is 0.0454. The SMILES string of the molecule is CCNC(COC)COC(C(F)(F)F)C(F)(F)F. The molecular formula is C9H15F6NO2. The summed E-state index contributed by atoms with van der Waals surface area (Å²) in [4.78, 5) is 0. The van der Waals surface area contributed by atoms with Crippen molar-refractivity contribution in [3.05, 3.63) is 0 Å². The van der Waals surface area contributed by atoms with Crippen LogP contribution in [-0.2, 0) is 9.47 Å². The first-order chi connectivity index (χ1) is 8.12. The number of ether oxygens (including phenoxy) is 2. The van der Waals surface area contributed by atoms with Crippen LogP contribution in [0.5, 0.6) is 0 Å². The first kappa shape index (κ1) is 17.5. The number of nitrogens with one attached hydrogen (secondary N) is 1. The zero-order chi connectivity index (χ0) is 14.4. The number of rotatable bonds is 7. The van der Waals surface area contributed by atoms with Gasteiger partial charge in [-0.2, -0.15) is 26.3 Å². The fraction of sp³-hybridized carbons (Fsp3) is 1.00. The van der Waals surface area contributed by atoms with Crippen molar-refractivity contribution in [2.75, 3.05) is 26.9 Å². The molecule has 0 bridgehead atoms. The summed E-state index contributed by atoms with van der Waals surface area (Å²) in [5, 5.41) is 2.66. The molecule has 0 saturated heterocycles. The number of halogens is 6. The van der Waals surface area contributed by atoms with Crippen molar-refractivity contribution in [1.82, 2.24) is 5.32 Å². The van der Waals surface area contributed by atoms with Gasteiger partial charge in [0, 0.05) is 7.11 Å². The Hall–Kier alpha value is -0.540. The van der Waals surface area contributed by atoms with Crippen molar-refractivity contribution in [3.8, 4) is 0 Å². The van der Waals surface area contributed by atoms with Crippen LogP contribution >= 0.6 is 0 Å². The molecule has 1 N–H and O–H groups in total. The van der Waals surface area contributed by atoms with E-state index < -0.39 is 31.1 Å². The van der Waals surface area contributed by atoms with Crippen LogP contribution < -0.4 is 5.32 Å². The summed E-state index contributed by atoms with van der Waals surface area (Å²) in [7, 11) is 1.29. The molecule has 3 nitrogen and oxygen atoms in total. The lowest BCUT2D eigenvalue weighted by atomic mass is 10.3. The highest BCUT2D eigenvalue weighted by Gasteiger charge is 2.58. The van der Waals surface area contributed by atoms with Gasteiger partial charge in [0.1, 0.15) is 0 Å². The summed E-state index contributed by atoms with van der Waals surface area (Å²) in [6.45, 7) is 1.25. The zero-order valence-electron chi connectivity index (χ0n) is 9.86. The standard InChI is InChI=1S/C9H15F6NO2/c1-3-16-6(4-17-2)5-18-7(8(10,11)12)9(13,14)15/h6-7,16H,3-5H2,1-2H3. The van der Waals surface area contributed by atoms with Gasteiger partial charge >= 0.3 is 12.4 Å². The van der Waals surface area contributed by atoms with Gasteiger partial charge in [0.25, 0.3) is 0 Å². The first-order valence-corrected chi connectivity index (χ1v) is 5.10. The van der Waals surface area contributed by atoms with Gasteiger partial charge in [-0.15, -0.1) is 0 Å². The van der Waals surface area contributed by atoms with Crippen LogP contribution in [0.3, 0.4) is 0 Å². The van der Waals surface area contributed by atoms with Crippen LogP contribution in [-0.4, -0.2) is 51.4 Å². The first-order valence-electron chi connectivity index (χ1n) is 5.10. The third-order valence-electron chi connectivity index (χ3n) is 1.92. The molecule has 0 fully saturated rings. The summed E-state index contributed by atoms with van der Waals surface area (Å²) >= 11 is 0. The molecule has 0 radical (unpaired) electrons. The van der Waals surface area contributed by atoms with E-state index in [1.165, 1.54) is 7.11 Å². The molecular weight excluding hydrogens is 268 g/mol. The van der Waals surface area contributed by atoms with Crippen molar-refractivity contribution in [3.63, 3.8) is 0 Å². The maximum absolute atomic E-state index is 12.1. The minimum Gasteiger partial charge on any atom is -0.383 e. The maximum atomic E-state index is 12.1. The lowest BCUT2D eigenvalue weighted by molar-refractivity contribution is -0.322. The average Bonchev–Trinajstić information content (AvgIpc) is 2.14. The monoisotopic (exact) mass is 283 g/mol. The number of alkyl halides is 6. The molecule has 1 atom stereocenters. The highest BCUT2D eigenvalue weighted by Crippen LogP contribution is 2.35. The Balaban J connectivity index is 4.51. The largest absolute Gasteiger partial charge is 0.423 e. The molecule has 0 aromatic rings. The normalized spacial score (nSPS) is 15.2. The molecule has 0 heterocycles. The highest BCUT2D eigenvalue weighted by molar-refractivity contribution is 4.77. The molecule has 0 amide bonds. The molecule has 18 heavy (non-hydrogen) atoms. The quantitative estimate of drug-likeness (QED) is 0.726. The molecule has 110 valence electrons. The van der Waals surface area contributed by atoms with Gasteiger partial charge in [0.2, 0.25) is 6.10 Å². The summed E-state index contributed by atoms with van der Waals surface area (Å²) < 4.78 is 81.4. The van der Waals surface area contributed by atoms with E-state index in [0.29, 0.717) is 6.54 Å². The van der Waals surface area contributed by atoms with Crippen molar-refractivity contribution in [2.45, 2.75) is 31.4 Å². The Labute approximate surface area is 100 Å². The number of hydrogen-bond donors (Lipinski definition) is 1. The lowest BCUT2D eigenvalue weighted by Crippen LogP contribution is -2.47. The van der Waals surface area contributed by atoms with E-state index >= 15 is 0 Å². The number of methoxy groups -OCH3 is 1. The fourth-order valence-electron chi connectivity index (χ4n) is 1.24. The van der Waals surface area contributed by atoms with E-state index in [9.17, 15) is 26.3 Å². The predicted molar refractivity (Wildman–Crippen MR) is 51.2 cm³/mol. The van der Waals surface area contributed by atoms with Crippen LogP contribution in [0.25, 0.3) is 0 Å². The molecule has 0 aliphatic carbocycles. The molecule has 9 heteroatoms. The summed E-state index contributed by atoms with van der Waals surface area (Å²) in [5.74, 6) is 0. The Kier molecular flexibility index (Phi) is 6.93. The van der Waals surface area contributed by atoms with E-state index in [-0.39, 0.29) is 6.61 Å². The van der Waals surface area contributed by atoms with Gasteiger partial charge < -0.3 is 14.8 Å². The van der Waals surface area contributed by atoms with Crippen LogP contribution in [0.1, 0.15) is 6.92 Å². The second-order valence-corrected chi connectivity index (χ2v) is 3.51. The van der Waals surface area contributed by atoms with Crippen LogP contribution in [0.15, 0.2) is 0 Å². The van der Waals surface area contributed by atoms with Crippen LogP contribution in [0, 0.1) is 0 Å². The third-order valence-corrected chi connectivity index (χ3v) is 1.92. The Bertz CT molecular complexity index is 210. The van der Waals surface area contributed by atoms with Gasteiger partial charge in [0.15, 0.2) is 0 Å². The predicted octanol–water partition coefficient (Wildman–Crippen LogP) is 2.12. The summed E-state index contributed by atoms with van der Waals surface area (Å²) in [5.41, 5.74) is 0. The molecule has 0 spiro atoms. The number of likely N-dealkylation sites (N-methyl/N-ethyl adjacent to an activating group) is 1. The molecule has 0 aromatic carbocycles. The molecule has 0 aliphatic rings. The highest BCUT2D eigenvalue weighted by atomic mass is 19.4. The molecule has 0 saturated carbocycles. The maximum Gasteiger partial charge on any atom is 0.423 e. The van der Waals surface area contributed by atoms with E-state index in [0.717, 1.165) is 0 Å². The topological polar surface area (TPSA) is 30.5 Å². The van der Waals surface area contributed by atoms with E-state index in [1.807, 2.05) is 0 Å². The van der Waals surface area contributed by atoms with E-state index in [4.69, 9.17) is 0 Å². The summed E-state index contributed by atoms with van der Waals surface area (Å²) in [6, 6.07) is -0.729. The van der Waals surface area contributed by atoms with E-state index in [1.54, 1.807) is 6.92 Å². The van der Waals surface area contributed by atoms with Crippen LogP contribution in [0.2, 0.25) is 0 Å². The van der Waals surface area contributed by atoms with E-state index in [2.05, 4.69) is 14.8 Å². The van der Waals surface area contributed by atoms with Gasteiger partial charge in [0.05, 0.1) is 19.3 Å². The average molecular weight is 283 g/mol. The number of hydrogen-bond acceptors (Lipinski definition) is 3. The molecule has 0 rings (SSSR count). The van der Waals surface area contributed by atoms with Gasteiger partial charge in [-0.05, 0) is 6.54 Å². The molecule has 0 aromatic heterocycles. The summed E-state index contributed by atoms with van der Waals surface area (Å²) in [6.07, 6.45) is -14.7. The Morgan fingerprint density at radius 2 is 1.50 bits per heavy atom. The van der Waals surface area contributed by atoms with Crippen molar-refractivity contribution in [1.29, 1.82) is 0 Å². The van der Waals surface area contributed by atoms with Crippen molar-refractivity contribution >= 4 is 0 Å². The van der Waals surface area contributed by atoms with Crippen LogP contribution in [0.4, 0.5) is 26.3 Å². The van der Waals surface area contributed by atoms with Gasteiger partial charge in [-0.25, -0.2) is 0 Å².